The fourth-order valence-electron chi connectivity index (χ4n) is 2.01. The van der Waals surface area contributed by atoms with E-state index in [1.165, 1.54) is 13.8 Å². The van der Waals surface area contributed by atoms with Crippen LogP contribution in [-0.4, -0.2) is 54.1 Å². The van der Waals surface area contributed by atoms with Gasteiger partial charge in [0.05, 0.1) is 17.7 Å². The molecule has 0 radical (unpaired) electrons. The first kappa shape index (κ1) is 18.3. The van der Waals surface area contributed by atoms with Gasteiger partial charge in [-0.05, 0) is 47.5 Å². The lowest BCUT2D eigenvalue weighted by atomic mass is 9.87. The van der Waals surface area contributed by atoms with Crippen molar-refractivity contribution in [3.05, 3.63) is 0 Å². The summed E-state index contributed by atoms with van der Waals surface area (Å²) >= 11 is 0. The van der Waals surface area contributed by atoms with Crippen LogP contribution in [0.5, 0.6) is 0 Å². The molecule has 1 aliphatic rings. The molecule has 0 aromatic rings. The van der Waals surface area contributed by atoms with E-state index in [-0.39, 0.29) is 13.2 Å². The van der Waals surface area contributed by atoms with Crippen LogP contribution in [0.15, 0.2) is 0 Å². The molecule has 7 nitrogen and oxygen atoms in total. The van der Waals surface area contributed by atoms with Gasteiger partial charge >= 0.3 is 5.97 Å². The molecule has 1 unspecified atom stereocenters. The van der Waals surface area contributed by atoms with Gasteiger partial charge in [0.1, 0.15) is 6.04 Å². The van der Waals surface area contributed by atoms with Gasteiger partial charge in [-0.2, -0.15) is 17.4 Å². The molecule has 0 aromatic heterocycles. The summed E-state index contributed by atoms with van der Waals surface area (Å²) in [5, 5.41) is 10.1. The zero-order valence-electron chi connectivity index (χ0n) is 13.3. The maximum atomic E-state index is 12.5. The van der Waals surface area contributed by atoms with E-state index in [0.29, 0.717) is 12.8 Å². The molecule has 1 aliphatic heterocycles. The second-order valence-corrected chi connectivity index (χ2v) is 7.94. The Kier molecular flexibility index (Phi) is 5.41. The summed E-state index contributed by atoms with van der Waals surface area (Å²) in [5.74, 6) is -0.526. The molecule has 8 heteroatoms. The number of nitrogens with one attached hydrogen (secondary N) is 1. The normalized spacial score (nSPS) is 21.5. The first-order valence-corrected chi connectivity index (χ1v) is 8.56. The zero-order chi connectivity index (χ0) is 16.5. The second-order valence-electron chi connectivity index (χ2n) is 6.31. The monoisotopic (exact) mass is 322 g/mol. The number of rotatable bonds is 6. The lowest BCUT2D eigenvalue weighted by molar-refractivity contribution is -0.146. The molecule has 1 heterocycles. The summed E-state index contributed by atoms with van der Waals surface area (Å²) < 4.78 is 33.6. The summed E-state index contributed by atoms with van der Waals surface area (Å²) in [6.45, 7) is 8.42. The fraction of sp³-hybridized carbons (Fsp3) is 0.923. The van der Waals surface area contributed by atoms with E-state index in [9.17, 15) is 18.3 Å². The highest BCUT2D eigenvalue weighted by molar-refractivity contribution is 7.87. The quantitative estimate of drug-likeness (QED) is 0.690. The van der Waals surface area contributed by atoms with Crippen LogP contribution in [0.3, 0.4) is 0 Å². The molecule has 124 valence electrons. The van der Waals surface area contributed by atoms with E-state index in [0.717, 1.165) is 4.31 Å². The predicted octanol–water partition coefficient (Wildman–Crippen LogP) is 0.398. The largest absolute Gasteiger partial charge is 0.465 e. The SMILES string of the molecule is CCOC(=O)C1CCCN1S(=O)(=O)NC(C)(C)C(C)(C)O. The van der Waals surface area contributed by atoms with Crippen molar-refractivity contribution in [2.45, 2.75) is 64.6 Å². The molecule has 0 amide bonds. The predicted molar refractivity (Wildman–Crippen MR) is 78.8 cm³/mol. The van der Waals surface area contributed by atoms with E-state index in [4.69, 9.17) is 4.74 Å². The Labute approximate surface area is 126 Å². The highest BCUT2D eigenvalue weighted by atomic mass is 32.2. The molecule has 1 fully saturated rings. The van der Waals surface area contributed by atoms with Gasteiger partial charge < -0.3 is 9.84 Å². The van der Waals surface area contributed by atoms with Gasteiger partial charge in [0, 0.05) is 6.54 Å². The van der Waals surface area contributed by atoms with Gasteiger partial charge in [0.2, 0.25) is 0 Å². The Morgan fingerprint density at radius 3 is 2.43 bits per heavy atom. The van der Waals surface area contributed by atoms with E-state index in [1.54, 1.807) is 20.8 Å². The van der Waals surface area contributed by atoms with Gasteiger partial charge in [-0.3, -0.25) is 4.79 Å². The molecule has 1 saturated heterocycles. The van der Waals surface area contributed by atoms with Crippen molar-refractivity contribution in [1.29, 1.82) is 0 Å². The maximum Gasteiger partial charge on any atom is 0.324 e. The van der Waals surface area contributed by atoms with E-state index < -0.39 is 33.4 Å². The van der Waals surface area contributed by atoms with E-state index in [1.807, 2.05) is 0 Å². The lowest BCUT2D eigenvalue weighted by Crippen LogP contribution is -2.61. The minimum atomic E-state index is -3.89. The highest BCUT2D eigenvalue weighted by Gasteiger charge is 2.45. The highest BCUT2D eigenvalue weighted by Crippen LogP contribution is 2.26. The van der Waals surface area contributed by atoms with Gasteiger partial charge in [0.15, 0.2) is 0 Å². The Morgan fingerprint density at radius 2 is 1.95 bits per heavy atom. The minimum absolute atomic E-state index is 0.214. The van der Waals surface area contributed by atoms with Crippen LogP contribution < -0.4 is 4.72 Å². The Balaban J connectivity index is 2.94. The average molecular weight is 322 g/mol. The number of aliphatic hydroxyl groups is 1. The van der Waals surface area contributed by atoms with Crippen molar-refractivity contribution < 1.29 is 23.1 Å². The number of hydrogen-bond acceptors (Lipinski definition) is 5. The lowest BCUT2D eigenvalue weighted by Gasteiger charge is -2.39. The Bertz CT molecular complexity index is 481. The fourth-order valence-corrected chi connectivity index (χ4v) is 3.92. The Morgan fingerprint density at radius 1 is 1.38 bits per heavy atom. The molecule has 1 atom stereocenters. The number of ether oxygens (including phenoxy) is 1. The third kappa shape index (κ3) is 4.15. The number of esters is 1. The van der Waals surface area contributed by atoms with Crippen molar-refractivity contribution in [2.75, 3.05) is 13.2 Å². The van der Waals surface area contributed by atoms with Gasteiger partial charge in [-0.1, -0.05) is 0 Å². The van der Waals surface area contributed by atoms with Crippen LogP contribution in [0.2, 0.25) is 0 Å². The van der Waals surface area contributed by atoms with Crippen LogP contribution >= 0.6 is 0 Å². The third-order valence-corrected chi connectivity index (χ3v) is 5.81. The first-order chi connectivity index (χ1) is 9.42. The molecule has 2 N–H and O–H groups in total. The molecule has 0 aromatic carbocycles. The Hall–Kier alpha value is -0.700. The number of carbonyl (C=O) groups is 1. The van der Waals surface area contributed by atoms with Crippen molar-refractivity contribution in [3.8, 4) is 0 Å². The number of nitrogens with zero attached hydrogens (tertiary/aromatic N) is 1. The van der Waals surface area contributed by atoms with E-state index in [2.05, 4.69) is 4.72 Å². The second kappa shape index (κ2) is 6.20. The van der Waals surface area contributed by atoms with Crippen LogP contribution in [0.1, 0.15) is 47.5 Å². The van der Waals surface area contributed by atoms with Crippen molar-refractivity contribution in [1.82, 2.24) is 9.03 Å². The van der Waals surface area contributed by atoms with Crippen LogP contribution in [0.25, 0.3) is 0 Å². The van der Waals surface area contributed by atoms with E-state index >= 15 is 0 Å². The number of carbonyl (C=O) groups excluding carboxylic acids is 1. The third-order valence-electron chi connectivity index (χ3n) is 3.98. The molecule has 21 heavy (non-hydrogen) atoms. The smallest absolute Gasteiger partial charge is 0.324 e. The molecule has 0 spiro atoms. The van der Waals surface area contributed by atoms with Crippen LogP contribution in [0.4, 0.5) is 0 Å². The molecule has 1 rings (SSSR count). The van der Waals surface area contributed by atoms with Gasteiger partial charge in [-0.25, -0.2) is 0 Å². The molecular formula is C13H26N2O5S. The van der Waals surface area contributed by atoms with Gasteiger partial charge in [0.25, 0.3) is 10.2 Å². The maximum absolute atomic E-state index is 12.5. The molecule has 0 aliphatic carbocycles. The molecule has 0 saturated carbocycles. The van der Waals surface area contributed by atoms with Crippen molar-refractivity contribution in [3.63, 3.8) is 0 Å². The van der Waals surface area contributed by atoms with Crippen LogP contribution in [-0.2, 0) is 19.7 Å². The summed E-state index contributed by atoms with van der Waals surface area (Å²) in [6.07, 6.45) is 1.05. The first-order valence-electron chi connectivity index (χ1n) is 7.12. The summed E-state index contributed by atoms with van der Waals surface area (Å²) in [5.41, 5.74) is -2.33. The van der Waals surface area contributed by atoms with Crippen molar-refractivity contribution in [2.24, 2.45) is 0 Å². The topological polar surface area (TPSA) is 95.9 Å². The molecule has 0 bridgehead atoms. The summed E-state index contributed by atoms with van der Waals surface area (Å²) in [7, 11) is -3.89. The zero-order valence-corrected chi connectivity index (χ0v) is 14.2. The minimum Gasteiger partial charge on any atom is -0.465 e. The standard InChI is InChI=1S/C13H26N2O5S/c1-6-20-11(16)10-8-7-9-15(10)21(18,19)14-12(2,3)13(4,5)17/h10,14,17H,6-9H2,1-5H3. The molecular weight excluding hydrogens is 296 g/mol. The van der Waals surface area contributed by atoms with Crippen LogP contribution in [0, 0.1) is 0 Å². The summed E-state index contributed by atoms with van der Waals surface area (Å²) in [4.78, 5) is 11.9. The number of hydrogen-bond donors (Lipinski definition) is 2. The average Bonchev–Trinajstić information content (AvgIpc) is 2.75. The van der Waals surface area contributed by atoms with Crippen molar-refractivity contribution >= 4 is 16.2 Å². The summed E-state index contributed by atoms with van der Waals surface area (Å²) in [6, 6.07) is -0.792. The van der Waals surface area contributed by atoms with Gasteiger partial charge in [-0.15, -0.1) is 0 Å².